The van der Waals surface area contributed by atoms with Crippen LogP contribution in [0.2, 0.25) is 0 Å². The van der Waals surface area contributed by atoms with Crippen molar-refractivity contribution in [1.29, 1.82) is 0 Å². The number of hydrogen-bond acceptors (Lipinski definition) is 5. The summed E-state index contributed by atoms with van der Waals surface area (Å²) in [6, 6.07) is 3.67. The number of nitro groups is 1. The summed E-state index contributed by atoms with van der Waals surface area (Å²) in [5.41, 5.74) is -1.05. The Kier molecular flexibility index (Phi) is 5.73. The highest BCUT2D eigenvalue weighted by molar-refractivity contribution is 5.68. The molecule has 0 saturated carbocycles. The first-order valence-electron chi connectivity index (χ1n) is 7.88. The van der Waals surface area contributed by atoms with Crippen molar-refractivity contribution in [3.8, 4) is 0 Å². The smallest absolute Gasteiger partial charge is 0.410 e. The van der Waals surface area contributed by atoms with Gasteiger partial charge in [-0.1, -0.05) is 12.1 Å². The van der Waals surface area contributed by atoms with Gasteiger partial charge in [-0.15, -0.1) is 0 Å². The van der Waals surface area contributed by atoms with Gasteiger partial charge in [-0.05, 0) is 32.9 Å². The van der Waals surface area contributed by atoms with Crippen LogP contribution in [0.3, 0.4) is 0 Å². The van der Waals surface area contributed by atoms with Crippen LogP contribution in [0.15, 0.2) is 24.3 Å². The van der Waals surface area contributed by atoms with Gasteiger partial charge in [0.2, 0.25) is 0 Å². The summed E-state index contributed by atoms with van der Waals surface area (Å²) in [7, 11) is 0. The lowest BCUT2D eigenvalue weighted by Crippen LogP contribution is -2.46. The summed E-state index contributed by atoms with van der Waals surface area (Å²) < 4.78 is 24.7. The summed E-state index contributed by atoms with van der Waals surface area (Å²) in [6.07, 6.45) is 1.88. The van der Waals surface area contributed by atoms with E-state index in [2.05, 4.69) is 0 Å². The van der Waals surface area contributed by atoms with E-state index in [1.54, 1.807) is 20.8 Å². The molecule has 0 unspecified atom stereocenters. The number of rotatable bonds is 3. The molecule has 8 heteroatoms. The maximum absolute atomic E-state index is 13.9. The molecule has 1 aromatic carbocycles. The molecule has 1 atom stereocenters. The van der Waals surface area contributed by atoms with Gasteiger partial charge in [0.1, 0.15) is 11.4 Å². The number of hydrogen-bond donors (Lipinski definition) is 0. The Morgan fingerprint density at radius 2 is 2.20 bits per heavy atom. The number of nitrogens with zero attached hydrogens (tertiary/aromatic N) is 2. The molecule has 25 heavy (non-hydrogen) atoms. The van der Waals surface area contributed by atoms with Gasteiger partial charge in [0.15, 0.2) is 0 Å². The third kappa shape index (κ3) is 5.25. The molecule has 1 amide bonds. The number of benzene rings is 1. The summed E-state index contributed by atoms with van der Waals surface area (Å²) in [5.74, 6) is -0.690. The minimum absolute atomic E-state index is 0.120. The van der Waals surface area contributed by atoms with Crippen molar-refractivity contribution >= 4 is 17.9 Å². The largest absolute Gasteiger partial charge is 0.444 e. The van der Waals surface area contributed by atoms with E-state index < -0.39 is 28.5 Å². The number of carbonyl (C=O) groups excluding carboxylic acids is 1. The summed E-state index contributed by atoms with van der Waals surface area (Å²) >= 11 is 0. The quantitative estimate of drug-likeness (QED) is 0.615. The Morgan fingerprint density at radius 1 is 1.48 bits per heavy atom. The third-order valence-corrected chi connectivity index (χ3v) is 3.45. The lowest BCUT2D eigenvalue weighted by atomic mass is 10.1. The molecule has 2 rings (SSSR count). The Bertz CT molecular complexity index is 684. The third-order valence-electron chi connectivity index (χ3n) is 3.45. The first-order valence-corrected chi connectivity index (χ1v) is 7.88. The average Bonchev–Trinajstić information content (AvgIpc) is 2.52. The maximum atomic E-state index is 13.9. The summed E-state index contributed by atoms with van der Waals surface area (Å²) in [6.45, 7) is 6.25. The first-order chi connectivity index (χ1) is 11.7. The van der Waals surface area contributed by atoms with E-state index in [9.17, 15) is 19.3 Å². The second-order valence-corrected chi connectivity index (χ2v) is 6.62. The topological polar surface area (TPSA) is 81.9 Å². The van der Waals surface area contributed by atoms with Gasteiger partial charge in [-0.25, -0.2) is 9.18 Å². The first kappa shape index (κ1) is 18.9. The fourth-order valence-corrected chi connectivity index (χ4v) is 2.34. The van der Waals surface area contributed by atoms with Crippen molar-refractivity contribution in [2.75, 3.05) is 19.7 Å². The van der Waals surface area contributed by atoms with Gasteiger partial charge < -0.3 is 14.4 Å². The van der Waals surface area contributed by atoms with Crippen LogP contribution in [0.1, 0.15) is 26.3 Å². The molecular formula is C17H21FN2O5. The van der Waals surface area contributed by atoms with Crippen molar-refractivity contribution in [3.63, 3.8) is 0 Å². The van der Waals surface area contributed by atoms with Gasteiger partial charge in [-0.3, -0.25) is 10.1 Å². The van der Waals surface area contributed by atoms with E-state index >= 15 is 0 Å². The molecule has 0 bridgehead atoms. The van der Waals surface area contributed by atoms with Crippen LogP contribution in [0, 0.1) is 15.9 Å². The molecule has 1 saturated heterocycles. The number of halogens is 1. The molecule has 0 radical (unpaired) electrons. The fourth-order valence-electron chi connectivity index (χ4n) is 2.34. The Labute approximate surface area is 145 Å². The molecule has 1 fully saturated rings. The van der Waals surface area contributed by atoms with E-state index in [0.717, 1.165) is 6.07 Å². The molecular weight excluding hydrogens is 331 g/mol. The van der Waals surface area contributed by atoms with Gasteiger partial charge in [-0.2, -0.15) is 0 Å². The molecule has 1 aliphatic heterocycles. The molecule has 136 valence electrons. The van der Waals surface area contributed by atoms with Crippen molar-refractivity contribution in [1.82, 2.24) is 4.90 Å². The van der Waals surface area contributed by atoms with Crippen LogP contribution in [0.25, 0.3) is 6.08 Å². The van der Waals surface area contributed by atoms with Gasteiger partial charge in [0, 0.05) is 12.6 Å². The highest BCUT2D eigenvalue weighted by atomic mass is 19.1. The molecule has 0 N–H and O–H groups in total. The van der Waals surface area contributed by atoms with E-state index in [-0.39, 0.29) is 17.8 Å². The zero-order valence-electron chi connectivity index (χ0n) is 14.4. The average molecular weight is 352 g/mol. The van der Waals surface area contributed by atoms with Crippen LogP contribution >= 0.6 is 0 Å². The molecule has 0 aliphatic carbocycles. The molecule has 1 aliphatic rings. The molecule has 7 nitrogen and oxygen atoms in total. The normalized spacial score (nSPS) is 18.4. The van der Waals surface area contributed by atoms with Gasteiger partial charge >= 0.3 is 6.09 Å². The lowest BCUT2D eigenvalue weighted by Gasteiger charge is -2.33. The van der Waals surface area contributed by atoms with Gasteiger partial charge in [0.05, 0.1) is 29.7 Å². The molecule has 0 spiro atoms. The predicted octanol–water partition coefficient (Wildman–Crippen LogP) is 3.38. The maximum Gasteiger partial charge on any atom is 0.410 e. The molecule has 1 aromatic rings. The fraction of sp³-hybridized carbons (Fsp3) is 0.471. The SMILES string of the molecule is CC(C)(C)OC(=O)N1CCO[C@H](/C=C/c2c(F)cccc2[N+](=O)[O-])C1. The van der Waals surface area contributed by atoms with Crippen LogP contribution in [0.4, 0.5) is 14.9 Å². The van der Waals surface area contributed by atoms with Crippen LogP contribution in [-0.4, -0.2) is 47.3 Å². The summed E-state index contributed by atoms with van der Waals surface area (Å²) in [5, 5.41) is 11.0. The van der Waals surface area contributed by atoms with Gasteiger partial charge in [0.25, 0.3) is 5.69 Å². The van der Waals surface area contributed by atoms with Crippen LogP contribution < -0.4 is 0 Å². The Morgan fingerprint density at radius 3 is 2.84 bits per heavy atom. The minimum Gasteiger partial charge on any atom is -0.444 e. The predicted molar refractivity (Wildman–Crippen MR) is 89.6 cm³/mol. The number of carbonyl (C=O) groups is 1. The number of amides is 1. The lowest BCUT2D eigenvalue weighted by molar-refractivity contribution is -0.385. The van der Waals surface area contributed by atoms with Crippen molar-refractivity contribution in [2.45, 2.75) is 32.5 Å². The number of ether oxygens (including phenoxy) is 2. The summed E-state index contributed by atoms with van der Waals surface area (Å²) in [4.78, 5) is 24.0. The van der Waals surface area contributed by atoms with Crippen LogP contribution in [0.5, 0.6) is 0 Å². The second-order valence-electron chi connectivity index (χ2n) is 6.62. The Balaban J connectivity index is 2.09. The van der Waals surface area contributed by atoms with Crippen molar-refractivity contribution < 1.29 is 23.6 Å². The van der Waals surface area contributed by atoms with E-state index in [4.69, 9.17) is 9.47 Å². The standard InChI is InChI=1S/C17H21FN2O5/c1-17(2,3)25-16(21)19-9-10-24-12(11-19)7-8-13-14(18)5-4-6-15(13)20(22)23/h4-8,12H,9-11H2,1-3H3/b8-7+/t12-/m1/s1. The zero-order valence-corrected chi connectivity index (χ0v) is 14.4. The number of morpholine rings is 1. The molecule has 0 aromatic heterocycles. The van der Waals surface area contributed by atoms with E-state index in [1.807, 2.05) is 0 Å². The Hall–Kier alpha value is -2.48. The minimum atomic E-state index is -0.690. The van der Waals surface area contributed by atoms with Crippen LogP contribution in [-0.2, 0) is 9.47 Å². The van der Waals surface area contributed by atoms with E-state index in [1.165, 1.54) is 29.2 Å². The second kappa shape index (κ2) is 7.60. The highest BCUT2D eigenvalue weighted by Crippen LogP contribution is 2.23. The zero-order chi connectivity index (χ0) is 18.6. The highest BCUT2D eigenvalue weighted by Gasteiger charge is 2.27. The molecule has 1 heterocycles. The van der Waals surface area contributed by atoms with Crippen molar-refractivity contribution in [2.24, 2.45) is 0 Å². The van der Waals surface area contributed by atoms with E-state index in [0.29, 0.717) is 13.2 Å². The van der Waals surface area contributed by atoms with Crippen molar-refractivity contribution in [3.05, 3.63) is 45.8 Å². The number of nitro benzene ring substituents is 1. The monoisotopic (exact) mass is 352 g/mol.